The maximum absolute atomic E-state index is 13.1. The smallest absolute Gasteiger partial charge is 0.305 e. The van der Waals surface area contributed by atoms with Gasteiger partial charge >= 0.3 is 5.69 Å². The Bertz CT molecular complexity index is 590. The van der Waals surface area contributed by atoms with Crippen LogP contribution in [0.4, 0.5) is 4.39 Å². The number of nitrogens with one attached hydrogen (secondary N) is 1. The minimum absolute atomic E-state index is 0.252. The van der Waals surface area contributed by atoms with Gasteiger partial charge in [-0.15, -0.1) is 0 Å². The molecule has 16 heavy (non-hydrogen) atoms. The van der Waals surface area contributed by atoms with E-state index < -0.39 is 5.69 Å². The number of hydrogen-bond acceptors (Lipinski definition) is 2. The van der Waals surface area contributed by atoms with E-state index >= 15 is 0 Å². The molecule has 0 aliphatic rings. The highest BCUT2D eigenvalue weighted by molar-refractivity contribution is 5.62. The molecule has 0 amide bonds. The molecule has 0 unspecified atom stereocenters. The van der Waals surface area contributed by atoms with Crippen molar-refractivity contribution in [3.05, 3.63) is 51.8 Å². The first kappa shape index (κ1) is 10.5. The van der Waals surface area contributed by atoms with Gasteiger partial charge in [-0.1, -0.05) is 0 Å². The fourth-order valence-corrected chi connectivity index (χ4v) is 1.56. The minimum atomic E-state index is -0.400. The predicted octanol–water partition coefficient (Wildman–Crippen LogP) is 2.19. The number of H-pyrrole nitrogens is 1. The Hall–Kier alpha value is -1.97. The molecule has 0 radical (unpaired) electrons. The molecule has 0 aliphatic carbocycles. The molecule has 3 nitrogen and oxygen atoms in total. The van der Waals surface area contributed by atoms with Crippen LogP contribution < -0.4 is 5.69 Å². The summed E-state index contributed by atoms with van der Waals surface area (Å²) in [6.07, 6.45) is 1.51. The number of nitrogens with zero attached hydrogens (tertiary/aromatic N) is 1. The van der Waals surface area contributed by atoms with Crippen molar-refractivity contribution in [2.24, 2.45) is 0 Å². The average molecular weight is 218 g/mol. The molecule has 0 aliphatic heterocycles. The first-order chi connectivity index (χ1) is 7.58. The van der Waals surface area contributed by atoms with Gasteiger partial charge < -0.3 is 4.98 Å². The molecule has 2 rings (SSSR count). The highest BCUT2D eigenvalue weighted by Gasteiger charge is 2.05. The van der Waals surface area contributed by atoms with E-state index in [1.165, 1.54) is 12.3 Å². The molecular formula is C12H11FN2O. The SMILES string of the molecule is Cc1cc(-c2[nH]c(=O)ncc2C)ccc1F. The van der Waals surface area contributed by atoms with Crippen molar-refractivity contribution in [1.82, 2.24) is 9.97 Å². The Labute approximate surface area is 92.0 Å². The van der Waals surface area contributed by atoms with E-state index in [9.17, 15) is 9.18 Å². The van der Waals surface area contributed by atoms with Crippen LogP contribution in [0, 0.1) is 19.7 Å². The summed E-state index contributed by atoms with van der Waals surface area (Å²) in [6.45, 7) is 3.53. The second-order valence-corrected chi connectivity index (χ2v) is 3.71. The highest BCUT2D eigenvalue weighted by atomic mass is 19.1. The molecule has 82 valence electrons. The van der Waals surface area contributed by atoms with E-state index in [1.807, 2.05) is 6.92 Å². The van der Waals surface area contributed by atoms with Gasteiger partial charge in [0.1, 0.15) is 5.82 Å². The Kier molecular flexibility index (Phi) is 2.56. The highest BCUT2D eigenvalue weighted by Crippen LogP contribution is 2.21. The lowest BCUT2D eigenvalue weighted by molar-refractivity contribution is 0.618. The van der Waals surface area contributed by atoms with Gasteiger partial charge in [-0.3, -0.25) is 0 Å². The van der Waals surface area contributed by atoms with Crippen LogP contribution in [0.15, 0.2) is 29.2 Å². The van der Waals surface area contributed by atoms with Gasteiger partial charge in [-0.05, 0) is 48.7 Å². The summed E-state index contributed by atoms with van der Waals surface area (Å²) in [5.74, 6) is -0.252. The van der Waals surface area contributed by atoms with Gasteiger partial charge in [0.25, 0.3) is 0 Å². The third kappa shape index (κ3) is 1.86. The van der Waals surface area contributed by atoms with Crippen molar-refractivity contribution in [1.29, 1.82) is 0 Å². The van der Waals surface area contributed by atoms with E-state index in [0.29, 0.717) is 11.3 Å². The summed E-state index contributed by atoms with van der Waals surface area (Å²) < 4.78 is 13.1. The minimum Gasteiger partial charge on any atom is -0.305 e. The Morgan fingerprint density at radius 1 is 1.25 bits per heavy atom. The van der Waals surface area contributed by atoms with Crippen molar-refractivity contribution in [2.75, 3.05) is 0 Å². The van der Waals surface area contributed by atoms with Crippen LogP contribution in [-0.4, -0.2) is 9.97 Å². The monoisotopic (exact) mass is 218 g/mol. The fourth-order valence-electron chi connectivity index (χ4n) is 1.56. The zero-order chi connectivity index (χ0) is 11.7. The van der Waals surface area contributed by atoms with Crippen LogP contribution >= 0.6 is 0 Å². The van der Waals surface area contributed by atoms with Gasteiger partial charge in [0.15, 0.2) is 0 Å². The van der Waals surface area contributed by atoms with Crippen molar-refractivity contribution in [3.63, 3.8) is 0 Å². The largest absolute Gasteiger partial charge is 0.345 e. The molecule has 1 aromatic carbocycles. The van der Waals surface area contributed by atoms with Crippen LogP contribution in [-0.2, 0) is 0 Å². The first-order valence-electron chi connectivity index (χ1n) is 4.90. The van der Waals surface area contributed by atoms with E-state index in [-0.39, 0.29) is 5.82 Å². The number of rotatable bonds is 1. The maximum atomic E-state index is 13.1. The summed E-state index contributed by atoms with van der Waals surface area (Å²) >= 11 is 0. The van der Waals surface area contributed by atoms with Crippen LogP contribution in [0.1, 0.15) is 11.1 Å². The third-order valence-electron chi connectivity index (χ3n) is 2.45. The summed E-state index contributed by atoms with van der Waals surface area (Å²) in [5, 5.41) is 0. The Morgan fingerprint density at radius 2 is 2.00 bits per heavy atom. The third-order valence-corrected chi connectivity index (χ3v) is 2.45. The standard InChI is InChI=1S/C12H11FN2O/c1-7-5-9(3-4-10(7)13)11-8(2)6-14-12(16)15-11/h3-6H,1-2H3,(H,14,15,16). The Morgan fingerprint density at radius 3 is 2.69 bits per heavy atom. The molecule has 2 aromatic rings. The van der Waals surface area contributed by atoms with Gasteiger partial charge in [0, 0.05) is 6.20 Å². The van der Waals surface area contributed by atoms with Crippen LogP contribution in [0.5, 0.6) is 0 Å². The zero-order valence-corrected chi connectivity index (χ0v) is 9.04. The second-order valence-electron chi connectivity index (χ2n) is 3.71. The lowest BCUT2D eigenvalue weighted by atomic mass is 10.1. The predicted molar refractivity (Wildman–Crippen MR) is 59.7 cm³/mol. The topological polar surface area (TPSA) is 45.8 Å². The zero-order valence-electron chi connectivity index (χ0n) is 9.04. The molecule has 0 fully saturated rings. The molecule has 0 saturated heterocycles. The maximum Gasteiger partial charge on any atom is 0.345 e. The molecule has 0 bridgehead atoms. The fraction of sp³-hybridized carbons (Fsp3) is 0.167. The van der Waals surface area contributed by atoms with Crippen molar-refractivity contribution >= 4 is 0 Å². The average Bonchev–Trinajstić information content (AvgIpc) is 2.26. The van der Waals surface area contributed by atoms with E-state index in [1.54, 1.807) is 19.1 Å². The van der Waals surface area contributed by atoms with Crippen molar-refractivity contribution < 1.29 is 4.39 Å². The van der Waals surface area contributed by atoms with E-state index in [2.05, 4.69) is 9.97 Å². The summed E-state index contributed by atoms with van der Waals surface area (Å²) in [6, 6.07) is 4.73. The Balaban J connectivity index is 2.62. The van der Waals surface area contributed by atoms with Gasteiger partial charge in [-0.2, -0.15) is 0 Å². The lowest BCUT2D eigenvalue weighted by Gasteiger charge is -2.06. The van der Waals surface area contributed by atoms with Crippen molar-refractivity contribution in [2.45, 2.75) is 13.8 Å². The van der Waals surface area contributed by atoms with E-state index in [0.717, 1.165) is 11.1 Å². The van der Waals surface area contributed by atoms with Crippen LogP contribution in [0.2, 0.25) is 0 Å². The summed E-state index contributed by atoms with van der Waals surface area (Å²) in [7, 11) is 0. The van der Waals surface area contributed by atoms with Gasteiger partial charge in [0.05, 0.1) is 5.69 Å². The van der Waals surface area contributed by atoms with Gasteiger partial charge in [-0.25, -0.2) is 14.2 Å². The molecule has 0 saturated carbocycles. The molecule has 4 heteroatoms. The summed E-state index contributed by atoms with van der Waals surface area (Å²) in [4.78, 5) is 17.4. The van der Waals surface area contributed by atoms with Crippen LogP contribution in [0.25, 0.3) is 11.3 Å². The molecule has 0 atom stereocenters. The number of halogens is 1. The normalized spacial score (nSPS) is 10.4. The number of aromatic amines is 1. The van der Waals surface area contributed by atoms with Crippen LogP contribution in [0.3, 0.4) is 0 Å². The number of hydrogen-bond donors (Lipinski definition) is 1. The molecule has 1 aromatic heterocycles. The van der Waals surface area contributed by atoms with Crippen molar-refractivity contribution in [3.8, 4) is 11.3 Å². The second kappa shape index (κ2) is 3.89. The number of aromatic nitrogens is 2. The molecular weight excluding hydrogens is 207 g/mol. The quantitative estimate of drug-likeness (QED) is 0.797. The number of aryl methyl sites for hydroxylation is 2. The summed E-state index contributed by atoms with van der Waals surface area (Å²) in [5.41, 5.74) is 2.47. The number of benzene rings is 1. The molecule has 0 spiro atoms. The lowest BCUT2D eigenvalue weighted by Crippen LogP contribution is -2.11. The first-order valence-corrected chi connectivity index (χ1v) is 4.90. The van der Waals surface area contributed by atoms with E-state index in [4.69, 9.17) is 0 Å². The van der Waals surface area contributed by atoms with Gasteiger partial charge in [0.2, 0.25) is 0 Å². The molecule has 1 N–H and O–H groups in total. The molecule has 1 heterocycles.